The van der Waals surface area contributed by atoms with Crippen molar-refractivity contribution in [3.8, 4) is 16.9 Å². The molecule has 0 aliphatic carbocycles. The maximum Gasteiger partial charge on any atom is 0.326 e. The summed E-state index contributed by atoms with van der Waals surface area (Å²) >= 11 is 0. The summed E-state index contributed by atoms with van der Waals surface area (Å²) in [5.74, 6) is -7.90. The van der Waals surface area contributed by atoms with E-state index in [0.29, 0.717) is 5.56 Å². The van der Waals surface area contributed by atoms with Crippen molar-refractivity contribution >= 4 is 16.9 Å². The number of fused-ring (bicyclic) bond motifs is 1. The molecule has 4 heterocycles. The zero-order valence-corrected chi connectivity index (χ0v) is 22.3. The first-order valence-electron chi connectivity index (χ1n) is 13.1. The summed E-state index contributed by atoms with van der Waals surface area (Å²) < 4.78 is 73.1. The molecular weight excluding hydrogens is 559 g/mol. The van der Waals surface area contributed by atoms with E-state index in [1.807, 2.05) is 0 Å². The molecule has 1 amide bonds. The van der Waals surface area contributed by atoms with Gasteiger partial charge in [-0.3, -0.25) is 14.3 Å². The van der Waals surface area contributed by atoms with Crippen molar-refractivity contribution in [2.75, 3.05) is 13.1 Å². The summed E-state index contributed by atoms with van der Waals surface area (Å²) in [6.45, 7) is 3.90. The predicted molar refractivity (Wildman–Crippen MR) is 142 cm³/mol. The zero-order valence-electron chi connectivity index (χ0n) is 22.3. The summed E-state index contributed by atoms with van der Waals surface area (Å²) in [6.07, 6.45) is 3.01. The fourth-order valence-electron chi connectivity index (χ4n) is 5.89. The monoisotopic (exact) mass is 582 g/mol. The van der Waals surface area contributed by atoms with Crippen molar-refractivity contribution in [3.63, 3.8) is 0 Å². The largest absolute Gasteiger partial charge is 0.337 e. The molecule has 0 radical (unpaired) electrons. The van der Waals surface area contributed by atoms with Gasteiger partial charge >= 0.3 is 5.69 Å². The lowest BCUT2D eigenvalue weighted by molar-refractivity contribution is 0.0494. The minimum atomic E-state index is -1.63. The molecule has 8 nitrogen and oxygen atoms in total. The SMILES string of the molecule is CC1CN(C(=O)c2cc(-c3cccnc3)n(-c3cc(F)c(F)c(F)c3)n2)CC(C)C1n1c(=O)[nH]c2ccc(F)c(F)c21. The Bertz CT molecular complexity index is 1870. The van der Waals surface area contributed by atoms with Gasteiger partial charge in [0.25, 0.3) is 5.91 Å². The number of imidazole rings is 1. The van der Waals surface area contributed by atoms with E-state index >= 15 is 0 Å². The van der Waals surface area contributed by atoms with Crippen LogP contribution in [-0.4, -0.2) is 48.2 Å². The van der Waals surface area contributed by atoms with E-state index in [-0.39, 0.29) is 53.0 Å². The van der Waals surface area contributed by atoms with Crippen molar-refractivity contribution in [1.29, 1.82) is 0 Å². The highest BCUT2D eigenvalue weighted by atomic mass is 19.2. The Morgan fingerprint density at radius 3 is 2.26 bits per heavy atom. The van der Waals surface area contributed by atoms with Crippen LogP contribution in [-0.2, 0) is 0 Å². The fraction of sp³-hybridized carbons (Fsp3) is 0.241. The number of hydrogen-bond donors (Lipinski definition) is 1. The molecule has 1 aliphatic rings. The van der Waals surface area contributed by atoms with Crippen LogP contribution in [0.3, 0.4) is 0 Å². The number of hydrogen-bond acceptors (Lipinski definition) is 4. The highest BCUT2D eigenvalue weighted by molar-refractivity contribution is 5.93. The molecule has 216 valence electrons. The Balaban J connectivity index is 1.35. The molecule has 3 aromatic heterocycles. The van der Waals surface area contributed by atoms with E-state index in [1.165, 1.54) is 34.0 Å². The quantitative estimate of drug-likeness (QED) is 0.232. The standard InChI is InChI=1S/C29H23F5N6O2/c1-14-12-38(13-15(2)26(14)39-27-21(36-29(39)42)6-5-18(30)25(27)34)28(41)22-10-23(16-4-3-7-35-11-16)40(37-22)17-8-19(31)24(33)20(32)9-17/h3-11,14-15,26H,12-13H2,1-2H3,(H,36,42). The Labute approximate surface area is 235 Å². The number of nitrogens with one attached hydrogen (secondary N) is 1. The molecule has 0 spiro atoms. The zero-order chi connectivity index (χ0) is 29.9. The second-order valence-corrected chi connectivity index (χ2v) is 10.5. The molecule has 2 aromatic carbocycles. The summed E-state index contributed by atoms with van der Waals surface area (Å²) in [6, 6.07) is 7.99. The first kappa shape index (κ1) is 27.4. The van der Waals surface area contributed by atoms with Crippen LogP contribution in [0.1, 0.15) is 30.4 Å². The lowest BCUT2D eigenvalue weighted by Crippen LogP contribution is -2.49. The molecule has 1 aliphatic heterocycles. The molecule has 0 bridgehead atoms. The van der Waals surface area contributed by atoms with Gasteiger partial charge in [-0.15, -0.1) is 0 Å². The molecule has 2 unspecified atom stereocenters. The number of nitrogens with zero attached hydrogens (tertiary/aromatic N) is 5. The minimum Gasteiger partial charge on any atom is -0.337 e. The Morgan fingerprint density at radius 2 is 1.62 bits per heavy atom. The number of carbonyl (C=O) groups excluding carboxylic acids is 1. The van der Waals surface area contributed by atoms with E-state index in [9.17, 15) is 31.5 Å². The minimum absolute atomic E-state index is 0.0470. The van der Waals surface area contributed by atoms with Crippen LogP contribution in [0.4, 0.5) is 22.0 Å². The second-order valence-electron chi connectivity index (χ2n) is 10.5. The van der Waals surface area contributed by atoms with Crippen LogP contribution in [0.25, 0.3) is 28.0 Å². The van der Waals surface area contributed by atoms with Crippen LogP contribution >= 0.6 is 0 Å². The number of piperidine rings is 1. The van der Waals surface area contributed by atoms with E-state index < -0.39 is 46.7 Å². The maximum absolute atomic E-state index is 14.8. The number of aromatic nitrogens is 5. The van der Waals surface area contributed by atoms with E-state index in [4.69, 9.17) is 0 Å². The normalized spacial score (nSPS) is 19.0. The first-order valence-corrected chi connectivity index (χ1v) is 13.1. The van der Waals surface area contributed by atoms with Gasteiger partial charge in [-0.2, -0.15) is 5.10 Å². The number of aromatic amines is 1. The molecule has 13 heteroatoms. The van der Waals surface area contributed by atoms with Crippen LogP contribution in [0.15, 0.2) is 59.7 Å². The molecular formula is C29H23F5N6O2. The fourth-order valence-corrected chi connectivity index (χ4v) is 5.89. The summed E-state index contributed by atoms with van der Waals surface area (Å²) in [5, 5.41) is 4.33. The van der Waals surface area contributed by atoms with Gasteiger partial charge in [-0.1, -0.05) is 13.8 Å². The Morgan fingerprint density at radius 1 is 0.929 bits per heavy atom. The molecule has 1 saturated heterocycles. The molecule has 1 N–H and O–H groups in total. The number of benzene rings is 2. The van der Waals surface area contributed by atoms with Crippen LogP contribution in [0.5, 0.6) is 0 Å². The van der Waals surface area contributed by atoms with Gasteiger partial charge in [0.15, 0.2) is 34.8 Å². The van der Waals surface area contributed by atoms with Crippen molar-refractivity contribution in [1.82, 2.24) is 29.2 Å². The summed E-state index contributed by atoms with van der Waals surface area (Å²) in [4.78, 5) is 34.7. The predicted octanol–water partition coefficient (Wildman–Crippen LogP) is 5.24. The smallest absolute Gasteiger partial charge is 0.326 e. The van der Waals surface area contributed by atoms with Crippen molar-refractivity contribution in [2.24, 2.45) is 11.8 Å². The highest BCUT2D eigenvalue weighted by Crippen LogP contribution is 2.36. The number of pyridine rings is 1. The lowest BCUT2D eigenvalue weighted by atomic mass is 9.85. The number of carbonyl (C=O) groups is 1. The van der Waals surface area contributed by atoms with Crippen molar-refractivity contribution in [2.45, 2.75) is 19.9 Å². The molecule has 1 fully saturated rings. The molecule has 2 atom stereocenters. The number of rotatable bonds is 4. The van der Waals surface area contributed by atoms with Gasteiger partial charge in [0.05, 0.1) is 16.9 Å². The van der Waals surface area contributed by atoms with Crippen LogP contribution in [0.2, 0.25) is 0 Å². The number of halogens is 5. The Hall–Kier alpha value is -4.81. The molecule has 42 heavy (non-hydrogen) atoms. The topological polar surface area (TPSA) is 88.8 Å². The molecule has 6 rings (SSSR count). The van der Waals surface area contributed by atoms with E-state index in [0.717, 1.165) is 22.9 Å². The second kappa shape index (κ2) is 10.2. The third-order valence-corrected chi connectivity index (χ3v) is 7.64. The number of amides is 1. The van der Waals surface area contributed by atoms with Crippen LogP contribution < -0.4 is 5.69 Å². The van der Waals surface area contributed by atoms with E-state index in [1.54, 1.807) is 26.0 Å². The Kier molecular flexibility index (Phi) is 6.66. The molecule has 5 aromatic rings. The van der Waals surface area contributed by atoms with Gasteiger partial charge in [-0.05, 0) is 42.2 Å². The van der Waals surface area contributed by atoms with Crippen molar-refractivity contribution < 1.29 is 26.7 Å². The van der Waals surface area contributed by atoms with Crippen LogP contribution in [0, 0.1) is 40.9 Å². The third kappa shape index (κ3) is 4.45. The van der Waals surface area contributed by atoms with Crippen molar-refractivity contribution in [3.05, 3.63) is 100 Å². The average molecular weight is 583 g/mol. The van der Waals surface area contributed by atoms with Gasteiger partial charge in [0, 0.05) is 49.2 Å². The highest BCUT2D eigenvalue weighted by Gasteiger charge is 2.38. The first-order chi connectivity index (χ1) is 20.0. The maximum atomic E-state index is 14.8. The van der Waals surface area contributed by atoms with Gasteiger partial charge in [0.1, 0.15) is 5.52 Å². The average Bonchev–Trinajstić information content (AvgIpc) is 3.55. The van der Waals surface area contributed by atoms with E-state index in [2.05, 4.69) is 15.1 Å². The lowest BCUT2D eigenvalue weighted by Gasteiger charge is -2.41. The summed E-state index contributed by atoms with van der Waals surface area (Å²) in [5.41, 5.74) is 0.00265. The van der Waals surface area contributed by atoms with Gasteiger partial charge in [0.2, 0.25) is 0 Å². The molecule has 0 saturated carbocycles. The number of likely N-dealkylation sites (tertiary alicyclic amines) is 1. The van der Waals surface area contributed by atoms with Gasteiger partial charge in [-0.25, -0.2) is 31.4 Å². The third-order valence-electron chi connectivity index (χ3n) is 7.64. The number of H-pyrrole nitrogens is 1. The van der Waals surface area contributed by atoms with Gasteiger partial charge < -0.3 is 9.88 Å². The summed E-state index contributed by atoms with van der Waals surface area (Å²) in [7, 11) is 0.